The number of nitrogens with one attached hydrogen (secondary N) is 2. The van der Waals surface area contributed by atoms with Crippen molar-refractivity contribution in [3.8, 4) is 0 Å². The summed E-state index contributed by atoms with van der Waals surface area (Å²) in [7, 11) is 0. The van der Waals surface area contributed by atoms with Crippen molar-refractivity contribution in [2.24, 2.45) is 0 Å². The summed E-state index contributed by atoms with van der Waals surface area (Å²) in [6.45, 7) is 0. The number of anilines is 1. The molecule has 0 saturated carbocycles. The van der Waals surface area contributed by atoms with Crippen LogP contribution >= 0.6 is 35.4 Å². The topological polar surface area (TPSA) is 84.3 Å². The molecule has 0 bridgehead atoms. The smallest absolute Gasteiger partial charge is 0.306 e. The van der Waals surface area contributed by atoms with Crippen molar-refractivity contribution < 1.29 is 14.1 Å². The van der Waals surface area contributed by atoms with Gasteiger partial charge in [-0.3, -0.25) is 20.2 Å². The van der Waals surface area contributed by atoms with Crippen LogP contribution in [-0.4, -0.2) is 15.9 Å². The van der Waals surface area contributed by atoms with Gasteiger partial charge in [-0.05, 0) is 48.1 Å². The van der Waals surface area contributed by atoms with Gasteiger partial charge in [0.05, 0.1) is 4.92 Å². The molecule has 0 heterocycles. The standard InChI is InChI=1S/C16H10Cl2FN3O3S/c17-10-3-1-9(12(18)7-10)2-6-15(23)21-16(26)20-11-4-5-13(19)14(8-11)22(24)25/h1-8H,(H2,20,21,23,26). The minimum absolute atomic E-state index is 0.109. The molecule has 0 aliphatic carbocycles. The zero-order valence-electron chi connectivity index (χ0n) is 12.8. The Morgan fingerprint density at radius 3 is 2.62 bits per heavy atom. The molecule has 2 N–H and O–H groups in total. The number of hydrogen-bond acceptors (Lipinski definition) is 4. The third-order valence-corrected chi connectivity index (χ3v) is 3.78. The first kappa shape index (κ1) is 19.8. The molecule has 0 atom stereocenters. The second kappa shape index (κ2) is 8.70. The highest BCUT2D eigenvalue weighted by Gasteiger charge is 2.14. The largest absolute Gasteiger partial charge is 0.332 e. The monoisotopic (exact) mass is 413 g/mol. The molecule has 1 amide bonds. The van der Waals surface area contributed by atoms with Gasteiger partial charge in [-0.25, -0.2) is 0 Å². The molecule has 134 valence electrons. The average Bonchev–Trinajstić information content (AvgIpc) is 2.55. The average molecular weight is 414 g/mol. The highest BCUT2D eigenvalue weighted by atomic mass is 35.5. The van der Waals surface area contributed by atoms with Gasteiger partial charge < -0.3 is 5.32 Å². The SMILES string of the molecule is O=C(C=Cc1ccc(Cl)cc1Cl)NC(=S)Nc1ccc(F)c([N+](=O)[O-])c1. The second-order valence-corrected chi connectivity index (χ2v) is 6.12. The van der Waals surface area contributed by atoms with E-state index >= 15 is 0 Å². The minimum atomic E-state index is -0.974. The lowest BCUT2D eigenvalue weighted by Gasteiger charge is -2.08. The zero-order chi connectivity index (χ0) is 19.3. The Hall–Kier alpha value is -2.55. The van der Waals surface area contributed by atoms with Crippen molar-refractivity contribution in [3.05, 3.63) is 74.0 Å². The van der Waals surface area contributed by atoms with Crippen molar-refractivity contribution in [2.45, 2.75) is 0 Å². The van der Waals surface area contributed by atoms with Gasteiger partial charge in [0.1, 0.15) is 0 Å². The molecule has 0 aliphatic rings. The van der Waals surface area contributed by atoms with Gasteiger partial charge in [0, 0.05) is 27.9 Å². The Kier molecular flexibility index (Phi) is 6.62. The fourth-order valence-corrected chi connectivity index (χ4v) is 2.54. The van der Waals surface area contributed by atoms with Crippen LogP contribution < -0.4 is 10.6 Å². The molecule has 2 aromatic carbocycles. The molecule has 26 heavy (non-hydrogen) atoms. The second-order valence-electron chi connectivity index (χ2n) is 4.87. The van der Waals surface area contributed by atoms with Gasteiger partial charge in [-0.2, -0.15) is 4.39 Å². The summed E-state index contributed by atoms with van der Waals surface area (Å²) in [5.74, 6) is -1.52. The number of amides is 1. The van der Waals surface area contributed by atoms with E-state index in [4.69, 9.17) is 35.4 Å². The predicted octanol–water partition coefficient (Wildman–Crippen LogP) is 4.57. The van der Waals surface area contributed by atoms with Gasteiger partial charge >= 0.3 is 5.69 Å². The van der Waals surface area contributed by atoms with E-state index < -0.39 is 22.3 Å². The van der Waals surface area contributed by atoms with E-state index in [1.165, 1.54) is 24.3 Å². The molecular formula is C16H10Cl2FN3O3S. The molecule has 0 spiro atoms. The molecule has 0 fully saturated rings. The Balaban J connectivity index is 1.99. The van der Waals surface area contributed by atoms with Crippen molar-refractivity contribution in [1.82, 2.24) is 5.32 Å². The van der Waals surface area contributed by atoms with Crippen LogP contribution in [0.1, 0.15) is 5.56 Å². The molecule has 10 heteroatoms. The van der Waals surface area contributed by atoms with Crippen molar-refractivity contribution in [3.63, 3.8) is 0 Å². The van der Waals surface area contributed by atoms with Gasteiger partial charge in [0.15, 0.2) is 5.11 Å². The van der Waals surface area contributed by atoms with Crippen molar-refractivity contribution >= 4 is 63.9 Å². The fourth-order valence-electron chi connectivity index (χ4n) is 1.85. The number of nitro groups is 1. The first-order chi connectivity index (χ1) is 12.3. The maximum Gasteiger partial charge on any atom is 0.306 e. The highest BCUT2D eigenvalue weighted by Crippen LogP contribution is 2.22. The van der Waals surface area contributed by atoms with Gasteiger partial charge in [0.25, 0.3) is 0 Å². The van der Waals surface area contributed by atoms with Crippen molar-refractivity contribution in [1.29, 1.82) is 0 Å². The summed E-state index contributed by atoms with van der Waals surface area (Å²) in [4.78, 5) is 21.7. The number of nitrogens with zero attached hydrogens (tertiary/aromatic N) is 1. The summed E-state index contributed by atoms with van der Waals surface area (Å²) in [6.07, 6.45) is 2.68. The lowest BCUT2D eigenvalue weighted by atomic mass is 10.2. The molecular weight excluding hydrogens is 404 g/mol. The van der Waals surface area contributed by atoms with E-state index in [9.17, 15) is 19.3 Å². The van der Waals surface area contributed by atoms with Gasteiger partial charge in [-0.15, -0.1) is 0 Å². The summed E-state index contributed by atoms with van der Waals surface area (Å²) in [5, 5.41) is 16.4. The van der Waals surface area contributed by atoms with Crippen LogP contribution in [0.15, 0.2) is 42.5 Å². The van der Waals surface area contributed by atoms with Crippen LogP contribution in [0.5, 0.6) is 0 Å². The number of benzene rings is 2. The van der Waals surface area contributed by atoms with Gasteiger partial charge in [-0.1, -0.05) is 29.3 Å². The third-order valence-electron chi connectivity index (χ3n) is 3.01. The van der Waals surface area contributed by atoms with Crippen LogP contribution in [0.4, 0.5) is 15.8 Å². The minimum Gasteiger partial charge on any atom is -0.332 e. The highest BCUT2D eigenvalue weighted by molar-refractivity contribution is 7.80. The third kappa shape index (κ3) is 5.48. The Bertz CT molecular complexity index is 922. The van der Waals surface area contributed by atoms with E-state index in [1.807, 2.05) is 0 Å². The molecule has 2 rings (SSSR count). The number of thiocarbonyl (C=S) groups is 1. The number of hydrogen-bond donors (Lipinski definition) is 2. The van der Waals surface area contributed by atoms with E-state index in [0.29, 0.717) is 15.6 Å². The van der Waals surface area contributed by atoms with E-state index in [0.717, 1.165) is 12.1 Å². The van der Waals surface area contributed by atoms with Crippen LogP contribution in [0, 0.1) is 15.9 Å². The number of halogens is 3. The fraction of sp³-hybridized carbons (Fsp3) is 0. The summed E-state index contributed by atoms with van der Waals surface area (Å²) >= 11 is 16.7. The molecule has 0 aromatic heterocycles. The van der Waals surface area contributed by atoms with Crippen LogP contribution in [0.2, 0.25) is 10.0 Å². The zero-order valence-corrected chi connectivity index (χ0v) is 15.2. The summed E-state index contributed by atoms with van der Waals surface area (Å²) < 4.78 is 13.3. The lowest BCUT2D eigenvalue weighted by Crippen LogP contribution is -2.32. The number of carbonyl (C=O) groups is 1. The lowest BCUT2D eigenvalue weighted by molar-refractivity contribution is -0.387. The maximum absolute atomic E-state index is 13.3. The van der Waals surface area contributed by atoms with Crippen molar-refractivity contribution in [2.75, 3.05) is 5.32 Å². The van der Waals surface area contributed by atoms with E-state index in [2.05, 4.69) is 10.6 Å². The maximum atomic E-state index is 13.3. The number of nitro benzene ring substituents is 1. The van der Waals surface area contributed by atoms with E-state index in [1.54, 1.807) is 12.1 Å². The van der Waals surface area contributed by atoms with Crippen LogP contribution in [0.3, 0.4) is 0 Å². The molecule has 2 aromatic rings. The van der Waals surface area contributed by atoms with Gasteiger partial charge in [0.2, 0.25) is 11.7 Å². The van der Waals surface area contributed by atoms with E-state index in [-0.39, 0.29) is 10.8 Å². The first-order valence-corrected chi connectivity index (χ1v) is 8.11. The summed E-state index contributed by atoms with van der Waals surface area (Å²) in [5.41, 5.74) is 0.0359. The molecule has 0 saturated heterocycles. The first-order valence-electron chi connectivity index (χ1n) is 6.95. The Morgan fingerprint density at radius 1 is 1.23 bits per heavy atom. The molecule has 0 radical (unpaired) electrons. The van der Waals surface area contributed by atoms with Crippen LogP contribution in [0.25, 0.3) is 6.08 Å². The normalized spacial score (nSPS) is 10.6. The van der Waals surface area contributed by atoms with Crippen LogP contribution in [-0.2, 0) is 4.79 Å². The predicted molar refractivity (Wildman–Crippen MR) is 103 cm³/mol. The Labute approximate surface area is 162 Å². The quantitative estimate of drug-likeness (QED) is 0.332. The number of carbonyl (C=O) groups excluding carboxylic acids is 1. The molecule has 6 nitrogen and oxygen atoms in total. The number of rotatable bonds is 4. The summed E-state index contributed by atoms with van der Waals surface area (Å²) in [6, 6.07) is 7.95. The Morgan fingerprint density at radius 2 is 1.96 bits per heavy atom. The molecule has 0 aliphatic heterocycles. The molecule has 0 unspecified atom stereocenters.